The summed E-state index contributed by atoms with van der Waals surface area (Å²) >= 11 is 0. The molecule has 4 heteroatoms. The molecule has 2 rings (SSSR count). The molecule has 0 aliphatic carbocycles. The molecular formula is C16H16N2O2. The molecule has 0 heterocycles. The van der Waals surface area contributed by atoms with E-state index in [2.05, 4.69) is 17.4 Å². The molecule has 2 N–H and O–H groups in total. The lowest BCUT2D eigenvalue weighted by atomic mass is 10.2. The first kappa shape index (κ1) is 13.7. The third-order valence-corrected chi connectivity index (χ3v) is 2.80. The van der Waals surface area contributed by atoms with Gasteiger partial charge in [0.2, 0.25) is 0 Å². The average molecular weight is 268 g/mol. The van der Waals surface area contributed by atoms with Gasteiger partial charge in [-0.15, -0.1) is 0 Å². The highest BCUT2D eigenvalue weighted by molar-refractivity contribution is 5.94. The van der Waals surface area contributed by atoms with Crippen molar-refractivity contribution in [3.8, 4) is 5.75 Å². The number of hydrogen-bond acceptors (Lipinski definition) is 3. The average Bonchev–Trinajstić information content (AvgIpc) is 2.53. The predicted molar refractivity (Wildman–Crippen MR) is 79.1 cm³/mol. The highest BCUT2D eigenvalue weighted by Gasteiger charge is 2.04. The van der Waals surface area contributed by atoms with Crippen molar-refractivity contribution in [2.45, 2.75) is 0 Å². The van der Waals surface area contributed by atoms with Gasteiger partial charge in [0.25, 0.3) is 5.91 Å². The van der Waals surface area contributed by atoms with Crippen LogP contribution in [0, 0.1) is 0 Å². The fraction of sp³-hybridized carbons (Fsp3) is 0.0625. The fourth-order valence-corrected chi connectivity index (χ4v) is 1.66. The van der Waals surface area contributed by atoms with Crippen LogP contribution in [0.4, 0.5) is 0 Å². The maximum absolute atomic E-state index is 11.8. The molecule has 2 aromatic rings. The van der Waals surface area contributed by atoms with Crippen LogP contribution in [0.1, 0.15) is 15.9 Å². The number of hydrogen-bond donors (Lipinski definition) is 2. The summed E-state index contributed by atoms with van der Waals surface area (Å²) in [5, 5.41) is 0. The topological polar surface area (TPSA) is 50.4 Å². The van der Waals surface area contributed by atoms with E-state index in [0.717, 1.165) is 11.3 Å². The van der Waals surface area contributed by atoms with Crippen LogP contribution in [0.2, 0.25) is 0 Å². The second-order valence-electron chi connectivity index (χ2n) is 4.15. The summed E-state index contributed by atoms with van der Waals surface area (Å²) in [7, 11) is 1.61. The molecule has 0 aliphatic rings. The van der Waals surface area contributed by atoms with Gasteiger partial charge < -0.3 is 4.74 Å². The fourth-order valence-electron chi connectivity index (χ4n) is 1.66. The minimum absolute atomic E-state index is 0.208. The molecule has 0 aromatic heterocycles. The molecule has 0 radical (unpaired) electrons. The number of carbonyl (C=O) groups excluding carboxylic acids is 1. The van der Waals surface area contributed by atoms with Gasteiger partial charge in [0.15, 0.2) is 0 Å². The number of hydrazine groups is 1. The summed E-state index contributed by atoms with van der Waals surface area (Å²) in [5.41, 5.74) is 7.47. The molecule has 2 aromatic carbocycles. The molecule has 0 spiro atoms. The Morgan fingerprint density at radius 2 is 1.60 bits per heavy atom. The molecule has 1 amide bonds. The van der Waals surface area contributed by atoms with Crippen LogP contribution in [0.5, 0.6) is 5.75 Å². The van der Waals surface area contributed by atoms with E-state index in [9.17, 15) is 4.79 Å². The summed E-state index contributed by atoms with van der Waals surface area (Å²) in [5.74, 6) is 0.565. The van der Waals surface area contributed by atoms with Crippen LogP contribution in [0.25, 0.3) is 5.70 Å². The Labute approximate surface area is 118 Å². The number of benzene rings is 2. The summed E-state index contributed by atoms with van der Waals surface area (Å²) in [6.45, 7) is 3.88. The van der Waals surface area contributed by atoms with Gasteiger partial charge in [0, 0.05) is 5.56 Å². The number of carbonyl (C=O) groups is 1. The summed E-state index contributed by atoms with van der Waals surface area (Å²) in [6, 6.07) is 16.4. The lowest BCUT2D eigenvalue weighted by Gasteiger charge is -2.11. The molecule has 0 unspecified atom stereocenters. The highest BCUT2D eigenvalue weighted by Crippen LogP contribution is 2.15. The lowest BCUT2D eigenvalue weighted by molar-refractivity contribution is 0.0942. The van der Waals surface area contributed by atoms with Crippen LogP contribution < -0.4 is 15.6 Å². The summed E-state index contributed by atoms with van der Waals surface area (Å²) in [4.78, 5) is 11.8. The first-order valence-electron chi connectivity index (χ1n) is 6.15. The smallest absolute Gasteiger partial charge is 0.269 e. The quantitative estimate of drug-likeness (QED) is 0.819. The van der Waals surface area contributed by atoms with E-state index in [1.54, 1.807) is 19.2 Å². The van der Waals surface area contributed by atoms with Gasteiger partial charge in [-0.2, -0.15) is 0 Å². The number of nitrogens with one attached hydrogen (secondary N) is 2. The first-order chi connectivity index (χ1) is 9.70. The second-order valence-corrected chi connectivity index (χ2v) is 4.15. The van der Waals surface area contributed by atoms with Gasteiger partial charge in [-0.1, -0.05) is 24.8 Å². The van der Waals surface area contributed by atoms with E-state index < -0.39 is 0 Å². The highest BCUT2D eigenvalue weighted by atomic mass is 16.5. The maximum Gasteiger partial charge on any atom is 0.269 e. The Morgan fingerprint density at radius 3 is 2.20 bits per heavy atom. The van der Waals surface area contributed by atoms with E-state index in [-0.39, 0.29) is 5.91 Å². The minimum Gasteiger partial charge on any atom is -0.497 e. The molecule has 0 saturated carbocycles. The molecule has 0 bridgehead atoms. The Balaban J connectivity index is 1.93. The van der Waals surface area contributed by atoms with Gasteiger partial charge in [0.05, 0.1) is 12.8 Å². The van der Waals surface area contributed by atoms with Crippen molar-refractivity contribution in [1.29, 1.82) is 0 Å². The molecule has 0 aliphatic heterocycles. The Kier molecular flexibility index (Phi) is 4.39. The van der Waals surface area contributed by atoms with Gasteiger partial charge in [-0.3, -0.25) is 15.6 Å². The first-order valence-corrected chi connectivity index (χ1v) is 6.15. The third-order valence-electron chi connectivity index (χ3n) is 2.80. The van der Waals surface area contributed by atoms with Crippen LogP contribution in [-0.2, 0) is 0 Å². The van der Waals surface area contributed by atoms with Crippen LogP contribution in [0.15, 0.2) is 61.2 Å². The van der Waals surface area contributed by atoms with E-state index in [1.807, 2.05) is 42.5 Å². The van der Waals surface area contributed by atoms with E-state index in [4.69, 9.17) is 4.74 Å². The molecule has 20 heavy (non-hydrogen) atoms. The molecule has 0 atom stereocenters. The number of ether oxygens (including phenoxy) is 1. The molecule has 4 nitrogen and oxygen atoms in total. The van der Waals surface area contributed by atoms with Gasteiger partial charge in [-0.25, -0.2) is 0 Å². The summed E-state index contributed by atoms with van der Waals surface area (Å²) in [6.07, 6.45) is 0. The van der Waals surface area contributed by atoms with Crippen molar-refractivity contribution in [2.75, 3.05) is 7.11 Å². The van der Waals surface area contributed by atoms with E-state index in [0.29, 0.717) is 11.3 Å². The van der Waals surface area contributed by atoms with Crippen LogP contribution in [0.3, 0.4) is 0 Å². The van der Waals surface area contributed by atoms with Crippen molar-refractivity contribution in [3.05, 3.63) is 72.3 Å². The molecular weight excluding hydrogens is 252 g/mol. The molecule has 0 fully saturated rings. The Bertz CT molecular complexity index is 592. The Morgan fingerprint density at radius 1 is 0.950 bits per heavy atom. The number of rotatable bonds is 5. The van der Waals surface area contributed by atoms with Crippen molar-refractivity contribution >= 4 is 11.6 Å². The van der Waals surface area contributed by atoms with Gasteiger partial charge >= 0.3 is 0 Å². The lowest BCUT2D eigenvalue weighted by Crippen LogP contribution is -2.35. The van der Waals surface area contributed by atoms with Crippen LogP contribution >= 0.6 is 0 Å². The van der Waals surface area contributed by atoms with Crippen molar-refractivity contribution < 1.29 is 9.53 Å². The van der Waals surface area contributed by atoms with Gasteiger partial charge in [-0.05, 0) is 42.0 Å². The minimum atomic E-state index is -0.208. The van der Waals surface area contributed by atoms with Crippen molar-refractivity contribution in [2.24, 2.45) is 0 Å². The van der Waals surface area contributed by atoms with Crippen LogP contribution in [-0.4, -0.2) is 13.0 Å². The third kappa shape index (κ3) is 3.38. The zero-order chi connectivity index (χ0) is 14.4. The monoisotopic (exact) mass is 268 g/mol. The maximum atomic E-state index is 11.8. The second kappa shape index (κ2) is 6.43. The Hall–Kier alpha value is -2.75. The summed E-state index contributed by atoms with van der Waals surface area (Å²) < 4.78 is 5.09. The van der Waals surface area contributed by atoms with Crippen molar-refractivity contribution in [3.63, 3.8) is 0 Å². The SMILES string of the molecule is C=C(NNC(=O)c1ccccc1)c1ccc(OC)cc1. The zero-order valence-electron chi connectivity index (χ0n) is 11.2. The predicted octanol–water partition coefficient (Wildman–Crippen LogP) is 2.60. The van der Waals surface area contributed by atoms with E-state index >= 15 is 0 Å². The van der Waals surface area contributed by atoms with E-state index in [1.165, 1.54) is 0 Å². The number of amides is 1. The normalized spacial score (nSPS) is 9.65. The standard InChI is InChI=1S/C16H16N2O2/c1-12(13-8-10-15(20-2)11-9-13)17-18-16(19)14-6-4-3-5-7-14/h3-11,17H,1H2,2H3,(H,18,19). The van der Waals surface area contributed by atoms with Crippen molar-refractivity contribution in [1.82, 2.24) is 10.9 Å². The molecule has 0 saturated heterocycles. The zero-order valence-corrected chi connectivity index (χ0v) is 11.2. The number of methoxy groups -OCH3 is 1. The van der Waals surface area contributed by atoms with Gasteiger partial charge in [0.1, 0.15) is 5.75 Å². The molecule has 102 valence electrons. The largest absolute Gasteiger partial charge is 0.497 e.